The first-order chi connectivity index (χ1) is 9.99. The Labute approximate surface area is 125 Å². The van der Waals surface area contributed by atoms with Crippen LogP contribution < -0.4 is 4.72 Å². The summed E-state index contributed by atoms with van der Waals surface area (Å²) >= 11 is 0. The Balaban J connectivity index is 1.80. The Morgan fingerprint density at radius 1 is 1.38 bits per heavy atom. The van der Waals surface area contributed by atoms with Crippen LogP contribution in [0.25, 0.3) is 0 Å². The van der Waals surface area contributed by atoms with Crippen molar-refractivity contribution in [1.29, 1.82) is 0 Å². The molecular weight excluding hydrogens is 290 g/mol. The van der Waals surface area contributed by atoms with Gasteiger partial charge < -0.3 is 4.74 Å². The highest BCUT2D eigenvalue weighted by atomic mass is 32.2. The van der Waals surface area contributed by atoms with Gasteiger partial charge in [0.25, 0.3) is 0 Å². The highest BCUT2D eigenvalue weighted by molar-refractivity contribution is 7.89. The van der Waals surface area contributed by atoms with Gasteiger partial charge in [-0.1, -0.05) is 12.1 Å². The largest absolute Gasteiger partial charge is 0.381 e. The first-order valence-corrected chi connectivity index (χ1v) is 8.66. The zero-order valence-electron chi connectivity index (χ0n) is 12.2. The van der Waals surface area contributed by atoms with Crippen molar-refractivity contribution in [2.24, 2.45) is 5.92 Å². The molecule has 0 bridgehead atoms. The van der Waals surface area contributed by atoms with Gasteiger partial charge in [-0.05, 0) is 44.2 Å². The lowest BCUT2D eigenvalue weighted by Gasteiger charge is -2.08. The van der Waals surface area contributed by atoms with Gasteiger partial charge in [-0.2, -0.15) is 0 Å². The molecule has 5 nitrogen and oxygen atoms in total. The van der Waals surface area contributed by atoms with Crippen LogP contribution in [0.5, 0.6) is 0 Å². The number of hydrogen-bond donors (Lipinski definition) is 1. The SMILES string of the molecule is CC(=O)c1cccc(S(=O)(=O)NCCCOCC2CC2)c1. The maximum atomic E-state index is 12.1. The predicted octanol–water partition coefficient (Wildman–Crippen LogP) is 1.98. The molecule has 0 atom stereocenters. The third kappa shape index (κ3) is 5.22. The molecule has 0 amide bonds. The number of benzene rings is 1. The third-order valence-electron chi connectivity index (χ3n) is 3.36. The van der Waals surface area contributed by atoms with Gasteiger partial charge in [-0.15, -0.1) is 0 Å². The molecule has 0 heterocycles. The van der Waals surface area contributed by atoms with E-state index in [1.54, 1.807) is 12.1 Å². The van der Waals surface area contributed by atoms with Gasteiger partial charge in [0, 0.05) is 25.3 Å². The lowest BCUT2D eigenvalue weighted by atomic mass is 10.2. The number of hydrogen-bond acceptors (Lipinski definition) is 4. The van der Waals surface area contributed by atoms with Crippen LogP contribution in [0.3, 0.4) is 0 Å². The minimum atomic E-state index is -3.57. The van der Waals surface area contributed by atoms with Crippen LogP contribution in [-0.4, -0.2) is 34.0 Å². The van der Waals surface area contributed by atoms with Crippen molar-refractivity contribution in [1.82, 2.24) is 4.72 Å². The van der Waals surface area contributed by atoms with E-state index >= 15 is 0 Å². The zero-order valence-corrected chi connectivity index (χ0v) is 13.0. The van der Waals surface area contributed by atoms with Crippen LogP contribution in [-0.2, 0) is 14.8 Å². The van der Waals surface area contributed by atoms with E-state index in [9.17, 15) is 13.2 Å². The Morgan fingerprint density at radius 2 is 2.14 bits per heavy atom. The zero-order chi connectivity index (χ0) is 15.3. The summed E-state index contributed by atoms with van der Waals surface area (Å²) in [5.74, 6) is 0.566. The van der Waals surface area contributed by atoms with Gasteiger partial charge >= 0.3 is 0 Å². The van der Waals surface area contributed by atoms with Crippen LogP contribution in [0, 0.1) is 5.92 Å². The Bertz CT molecular complexity index is 593. The number of sulfonamides is 1. The van der Waals surface area contributed by atoms with Gasteiger partial charge in [-0.3, -0.25) is 4.79 Å². The molecule has 0 aliphatic heterocycles. The van der Waals surface area contributed by atoms with E-state index in [2.05, 4.69) is 4.72 Å². The van der Waals surface area contributed by atoms with Gasteiger partial charge in [0.1, 0.15) is 0 Å². The van der Waals surface area contributed by atoms with E-state index < -0.39 is 10.0 Å². The molecule has 1 saturated carbocycles. The Kier molecular flexibility index (Phi) is 5.50. The molecule has 21 heavy (non-hydrogen) atoms. The van der Waals surface area contributed by atoms with Crippen LogP contribution in [0.15, 0.2) is 29.2 Å². The molecule has 1 aliphatic carbocycles. The second kappa shape index (κ2) is 7.15. The minimum absolute atomic E-state index is 0.120. The number of carbonyl (C=O) groups is 1. The Morgan fingerprint density at radius 3 is 2.81 bits per heavy atom. The van der Waals surface area contributed by atoms with Crippen molar-refractivity contribution in [3.05, 3.63) is 29.8 Å². The predicted molar refractivity (Wildman–Crippen MR) is 79.8 cm³/mol. The van der Waals surface area contributed by atoms with E-state index in [4.69, 9.17) is 4.74 Å². The molecule has 0 saturated heterocycles. The van der Waals surface area contributed by atoms with E-state index in [-0.39, 0.29) is 10.7 Å². The lowest BCUT2D eigenvalue weighted by molar-refractivity contribution is 0.101. The average molecular weight is 311 g/mol. The quantitative estimate of drug-likeness (QED) is 0.559. The number of Topliss-reactive ketones (excluding diaryl/α,β-unsaturated/α-hetero) is 1. The second-order valence-corrected chi connectivity index (χ2v) is 7.12. The lowest BCUT2D eigenvalue weighted by Crippen LogP contribution is -2.25. The van der Waals surface area contributed by atoms with Crippen LogP contribution in [0.1, 0.15) is 36.5 Å². The van der Waals surface area contributed by atoms with E-state index in [0.717, 1.165) is 12.5 Å². The van der Waals surface area contributed by atoms with Crippen molar-refractivity contribution in [3.63, 3.8) is 0 Å². The highest BCUT2D eigenvalue weighted by Gasteiger charge is 2.21. The number of rotatable bonds is 9. The molecule has 1 N–H and O–H groups in total. The fourth-order valence-electron chi connectivity index (χ4n) is 1.88. The van der Waals surface area contributed by atoms with Crippen molar-refractivity contribution >= 4 is 15.8 Å². The van der Waals surface area contributed by atoms with Crippen molar-refractivity contribution in [2.45, 2.75) is 31.1 Å². The van der Waals surface area contributed by atoms with Crippen LogP contribution in [0.4, 0.5) is 0 Å². The topological polar surface area (TPSA) is 72.5 Å². The number of ether oxygens (including phenoxy) is 1. The van der Waals surface area contributed by atoms with E-state index in [1.807, 2.05) is 0 Å². The monoisotopic (exact) mass is 311 g/mol. The van der Waals surface area contributed by atoms with Crippen LogP contribution >= 0.6 is 0 Å². The molecule has 6 heteroatoms. The molecule has 1 aromatic carbocycles. The minimum Gasteiger partial charge on any atom is -0.381 e. The molecule has 0 radical (unpaired) electrons. The molecule has 1 fully saturated rings. The smallest absolute Gasteiger partial charge is 0.240 e. The normalized spacial score (nSPS) is 15.1. The second-order valence-electron chi connectivity index (χ2n) is 5.35. The fourth-order valence-corrected chi connectivity index (χ4v) is 3.00. The summed E-state index contributed by atoms with van der Waals surface area (Å²) in [5.41, 5.74) is 0.394. The van der Waals surface area contributed by atoms with Crippen molar-refractivity contribution in [2.75, 3.05) is 19.8 Å². The first kappa shape index (κ1) is 16.1. The number of carbonyl (C=O) groups excluding carboxylic acids is 1. The summed E-state index contributed by atoms with van der Waals surface area (Å²) < 4.78 is 32.2. The maximum Gasteiger partial charge on any atom is 0.240 e. The molecule has 116 valence electrons. The summed E-state index contributed by atoms with van der Waals surface area (Å²) in [5, 5.41) is 0. The van der Waals surface area contributed by atoms with Gasteiger partial charge in [0.05, 0.1) is 4.90 Å². The molecule has 0 aromatic heterocycles. The van der Waals surface area contributed by atoms with E-state index in [1.165, 1.54) is 31.9 Å². The van der Waals surface area contributed by atoms with Gasteiger partial charge in [0.15, 0.2) is 5.78 Å². The van der Waals surface area contributed by atoms with Gasteiger partial charge in [0.2, 0.25) is 10.0 Å². The standard InChI is InChI=1S/C15H21NO4S/c1-12(17)14-4-2-5-15(10-14)21(18,19)16-8-3-9-20-11-13-6-7-13/h2,4-5,10,13,16H,3,6-9,11H2,1H3. The van der Waals surface area contributed by atoms with Crippen LogP contribution in [0.2, 0.25) is 0 Å². The first-order valence-electron chi connectivity index (χ1n) is 7.17. The molecule has 0 unspecified atom stereocenters. The summed E-state index contributed by atoms with van der Waals surface area (Å²) in [6.45, 7) is 3.09. The number of ketones is 1. The summed E-state index contributed by atoms with van der Waals surface area (Å²) in [4.78, 5) is 11.4. The van der Waals surface area contributed by atoms with E-state index in [0.29, 0.717) is 25.1 Å². The molecule has 1 aromatic rings. The molecule has 2 rings (SSSR count). The highest BCUT2D eigenvalue weighted by Crippen LogP contribution is 2.28. The molecule has 0 spiro atoms. The fraction of sp³-hybridized carbons (Fsp3) is 0.533. The van der Waals surface area contributed by atoms with Crippen molar-refractivity contribution < 1.29 is 17.9 Å². The third-order valence-corrected chi connectivity index (χ3v) is 4.82. The molecular formula is C15H21NO4S. The summed E-state index contributed by atoms with van der Waals surface area (Å²) in [6, 6.07) is 6.06. The van der Waals surface area contributed by atoms with Gasteiger partial charge in [-0.25, -0.2) is 13.1 Å². The maximum absolute atomic E-state index is 12.1. The summed E-state index contributed by atoms with van der Waals surface area (Å²) in [6.07, 6.45) is 3.14. The van der Waals surface area contributed by atoms with Crippen molar-refractivity contribution in [3.8, 4) is 0 Å². The average Bonchev–Trinajstić information content (AvgIpc) is 3.27. The molecule has 1 aliphatic rings. The summed E-state index contributed by atoms with van der Waals surface area (Å²) in [7, 11) is -3.57. The number of nitrogens with one attached hydrogen (secondary N) is 1. The Hall–Kier alpha value is -1.24.